The summed E-state index contributed by atoms with van der Waals surface area (Å²) in [5.41, 5.74) is 5.43. The Balaban J connectivity index is 2.00. The molecular weight excluding hydrogens is 340 g/mol. The summed E-state index contributed by atoms with van der Waals surface area (Å²) in [6.45, 7) is 10.3. The lowest BCUT2D eigenvalue weighted by molar-refractivity contribution is -0.111. The monoisotopic (exact) mass is 364 g/mol. The number of ether oxygens (including phenoxy) is 1. The van der Waals surface area contributed by atoms with Crippen LogP contribution in [0.5, 0.6) is 5.75 Å². The van der Waals surface area contributed by atoms with Crippen molar-refractivity contribution in [2.75, 3.05) is 11.9 Å². The van der Waals surface area contributed by atoms with Crippen LogP contribution in [0.1, 0.15) is 36.1 Å². The van der Waals surface area contributed by atoms with Crippen molar-refractivity contribution in [3.05, 3.63) is 59.0 Å². The second-order valence-electron chi connectivity index (χ2n) is 6.59. The molecule has 0 radical (unpaired) electrons. The van der Waals surface area contributed by atoms with Crippen molar-refractivity contribution in [2.24, 2.45) is 0 Å². The molecule has 1 amide bonds. The van der Waals surface area contributed by atoms with Gasteiger partial charge in [-0.05, 0) is 63.5 Å². The summed E-state index contributed by atoms with van der Waals surface area (Å²) in [5, 5.41) is 3.86. The van der Waals surface area contributed by atoms with Crippen molar-refractivity contribution in [1.82, 2.24) is 4.98 Å². The lowest BCUT2D eigenvalue weighted by atomic mass is 9.98. The quantitative estimate of drug-likeness (QED) is 0.633. The fourth-order valence-electron chi connectivity index (χ4n) is 3.11. The standard InChI is InChI=1S/C22H24N2O3/c1-6-26-20-16(5)21-18(15(4)12-27-21)11-17(20)14(3)10-19(25)24-22-13(2)8-7-9-23-22/h7-12H,6H2,1-5H3,(H,23,24,25)/b14-10+. The highest BCUT2D eigenvalue weighted by Crippen LogP contribution is 2.37. The highest BCUT2D eigenvalue weighted by Gasteiger charge is 2.17. The second kappa shape index (κ2) is 7.66. The Kier molecular flexibility index (Phi) is 5.31. The maximum absolute atomic E-state index is 12.5. The fourth-order valence-corrected chi connectivity index (χ4v) is 3.11. The number of allylic oxidation sites excluding steroid dienone is 1. The Hall–Kier alpha value is -3.08. The van der Waals surface area contributed by atoms with E-state index in [9.17, 15) is 4.79 Å². The molecule has 1 aromatic carbocycles. The number of aryl methyl sites for hydroxylation is 3. The van der Waals surface area contributed by atoms with Gasteiger partial charge in [-0.2, -0.15) is 0 Å². The predicted octanol–water partition coefficient (Wildman–Crippen LogP) is 5.19. The molecule has 2 aromatic heterocycles. The molecule has 3 rings (SSSR count). The highest BCUT2D eigenvalue weighted by molar-refractivity contribution is 6.04. The van der Waals surface area contributed by atoms with Crippen molar-refractivity contribution in [3.8, 4) is 5.75 Å². The van der Waals surface area contributed by atoms with Crippen LogP contribution in [-0.2, 0) is 4.79 Å². The summed E-state index contributed by atoms with van der Waals surface area (Å²) in [4.78, 5) is 16.7. The van der Waals surface area contributed by atoms with Gasteiger partial charge in [-0.25, -0.2) is 4.98 Å². The molecule has 0 fully saturated rings. The van der Waals surface area contributed by atoms with Gasteiger partial charge in [0, 0.05) is 28.8 Å². The molecule has 0 aliphatic carbocycles. The first-order valence-corrected chi connectivity index (χ1v) is 8.97. The van der Waals surface area contributed by atoms with E-state index in [4.69, 9.17) is 9.15 Å². The normalized spacial score (nSPS) is 11.7. The first-order valence-electron chi connectivity index (χ1n) is 8.97. The van der Waals surface area contributed by atoms with Gasteiger partial charge in [0.15, 0.2) is 0 Å². The predicted molar refractivity (Wildman–Crippen MR) is 108 cm³/mol. The molecule has 0 spiro atoms. The third-order valence-corrected chi connectivity index (χ3v) is 4.55. The Morgan fingerprint density at radius 2 is 2.07 bits per heavy atom. The minimum Gasteiger partial charge on any atom is -0.493 e. The number of hydrogen-bond donors (Lipinski definition) is 1. The first-order chi connectivity index (χ1) is 12.9. The summed E-state index contributed by atoms with van der Waals surface area (Å²) >= 11 is 0. The minimum atomic E-state index is -0.224. The summed E-state index contributed by atoms with van der Waals surface area (Å²) in [5.74, 6) is 1.09. The van der Waals surface area contributed by atoms with E-state index < -0.39 is 0 Å². The van der Waals surface area contributed by atoms with Crippen LogP contribution in [0.25, 0.3) is 16.5 Å². The molecule has 0 unspecified atom stereocenters. The summed E-state index contributed by atoms with van der Waals surface area (Å²) in [7, 11) is 0. The summed E-state index contributed by atoms with van der Waals surface area (Å²) in [6.07, 6.45) is 4.98. The molecule has 0 saturated carbocycles. The van der Waals surface area contributed by atoms with Crippen molar-refractivity contribution in [1.29, 1.82) is 0 Å². The average Bonchev–Trinajstić information content (AvgIpc) is 3.00. The zero-order valence-electron chi connectivity index (χ0n) is 16.3. The third kappa shape index (κ3) is 3.72. The van der Waals surface area contributed by atoms with Crippen LogP contribution in [0.2, 0.25) is 0 Å². The van der Waals surface area contributed by atoms with E-state index in [0.29, 0.717) is 12.4 Å². The summed E-state index contributed by atoms with van der Waals surface area (Å²) < 4.78 is 11.6. The van der Waals surface area contributed by atoms with Crippen LogP contribution >= 0.6 is 0 Å². The van der Waals surface area contributed by atoms with E-state index >= 15 is 0 Å². The van der Waals surface area contributed by atoms with Crippen molar-refractivity contribution in [2.45, 2.75) is 34.6 Å². The summed E-state index contributed by atoms with van der Waals surface area (Å²) in [6, 6.07) is 5.77. The number of carbonyl (C=O) groups excluding carboxylic acids is 1. The van der Waals surface area contributed by atoms with Crippen LogP contribution in [0.4, 0.5) is 5.82 Å². The molecule has 3 aromatic rings. The van der Waals surface area contributed by atoms with E-state index in [1.54, 1.807) is 18.5 Å². The number of furan rings is 1. The molecule has 0 aliphatic rings. The number of fused-ring (bicyclic) bond motifs is 1. The molecule has 0 bridgehead atoms. The number of nitrogens with one attached hydrogen (secondary N) is 1. The fraction of sp³-hybridized carbons (Fsp3) is 0.273. The number of nitrogens with zero attached hydrogens (tertiary/aromatic N) is 1. The number of benzene rings is 1. The van der Waals surface area contributed by atoms with Gasteiger partial charge in [0.05, 0.1) is 12.9 Å². The molecule has 0 saturated heterocycles. The van der Waals surface area contributed by atoms with E-state index in [-0.39, 0.29) is 5.91 Å². The zero-order chi connectivity index (χ0) is 19.6. The minimum absolute atomic E-state index is 0.224. The maximum Gasteiger partial charge on any atom is 0.249 e. The molecule has 27 heavy (non-hydrogen) atoms. The third-order valence-electron chi connectivity index (χ3n) is 4.55. The number of aromatic nitrogens is 1. The molecule has 5 heteroatoms. The van der Waals surface area contributed by atoms with Gasteiger partial charge in [0.1, 0.15) is 17.2 Å². The molecule has 2 heterocycles. The van der Waals surface area contributed by atoms with Gasteiger partial charge in [0.25, 0.3) is 0 Å². The van der Waals surface area contributed by atoms with Gasteiger partial charge in [-0.15, -0.1) is 0 Å². The molecule has 1 N–H and O–H groups in total. The Labute approximate surface area is 159 Å². The Morgan fingerprint density at radius 3 is 2.78 bits per heavy atom. The Morgan fingerprint density at radius 1 is 1.30 bits per heavy atom. The number of rotatable bonds is 5. The van der Waals surface area contributed by atoms with Crippen LogP contribution in [0.15, 0.2) is 41.2 Å². The van der Waals surface area contributed by atoms with Crippen molar-refractivity contribution in [3.63, 3.8) is 0 Å². The van der Waals surface area contributed by atoms with Gasteiger partial charge in [-0.1, -0.05) is 6.07 Å². The second-order valence-corrected chi connectivity index (χ2v) is 6.59. The van der Waals surface area contributed by atoms with Crippen LogP contribution in [-0.4, -0.2) is 17.5 Å². The highest BCUT2D eigenvalue weighted by atomic mass is 16.5. The SMILES string of the molecule is CCOc1c(/C(C)=C/C(=O)Nc2ncccc2C)cc2c(C)coc2c1C. The van der Waals surface area contributed by atoms with Gasteiger partial charge < -0.3 is 14.5 Å². The maximum atomic E-state index is 12.5. The van der Waals surface area contributed by atoms with Crippen LogP contribution in [0.3, 0.4) is 0 Å². The largest absolute Gasteiger partial charge is 0.493 e. The number of pyridine rings is 1. The van der Waals surface area contributed by atoms with E-state index in [1.165, 1.54) is 0 Å². The average molecular weight is 364 g/mol. The van der Waals surface area contributed by atoms with Crippen molar-refractivity contribution < 1.29 is 13.9 Å². The van der Waals surface area contributed by atoms with E-state index in [0.717, 1.165) is 44.5 Å². The number of carbonyl (C=O) groups is 1. The van der Waals surface area contributed by atoms with Crippen LogP contribution < -0.4 is 10.1 Å². The number of anilines is 1. The van der Waals surface area contributed by atoms with E-state index in [2.05, 4.69) is 10.3 Å². The van der Waals surface area contributed by atoms with Gasteiger partial charge >= 0.3 is 0 Å². The van der Waals surface area contributed by atoms with E-state index in [1.807, 2.05) is 52.8 Å². The lowest BCUT2D eigenvalue weighted by Gasteiger charge is -2.14. The van der Waals surface area contributed by atoms with Gasteiger partial charge in [-0.3, -0.25) is 4.79 Å². The number of amides is 1. The molecule has 140 valence electrons. The molecular formula is C22H24N2O3. The van der Waals surface area contributed by atoms with Crippen LogP contribution in [0, 0.1) is 20.8 Å². The Bertz CT molecular complexity index is 1030. The van der Waals surface area contributed by atoms with Gasteiger partial charge in [0.2, 0.25) is 5.91 Å². The first kappa shape index (κ1) is 18.7. The molecule has 0 aliphatic heterocycles. The smallest absolute Gasteiger partial charge is 0.249 e. The number of hydrogen-bond acceptors (Lipinski definition) is 4. The van der Waals surface area contributed by atoms with Crippen molar-refractivity contribution >= 4 is 28.3 Å². The lowest BCUT2D eigenvalue weighted by Crippen LogP contribution is -2.11. The zero-order valence-corrected chi connectivity index (χ0v) is 16.3. The molecule has 5 nitrogen and oxygen atoms in total. The topological polar surface area (TPSA) is 64.4 Å². The molecule has 0 atom stereocenters.